The smallest absolute Gasteiger partial charge is 0.339 e. The molecule has 1 amide bonds. The van der Waals surface area contributed by atoms with E-state index in [1.807, 2.05) is 66.7 Å². The largest absolute Gasteiger partial charge is 0.466 e. The first-order valence-corrected chi connectivity index (χ1v) is 9.48. The lowest BCUT2D eigenvalue weighted by Gasteiger charge is -2.33. The van der Waals surface area contributed by atoms with Crippen LogP contribution in [0, 0.1) is 0 Å². The van der Waals surface area contributed by atoms with E-state index in [4.69, 9.17) is 9.47 Å². The van der Waals surface area contributed by atoms with Crippen LogP contribution in [0.2, 0.25) is 0 Å². The van der Waals surface area contributed by atoms with Gasteiger partial charge >= 0.3 is 11.9 Å². The lowest BCUT2D eigenvalue weighted by Crippen LogP contribution is -2.44. The Kier molecular flexibility index (Phi) is 6.47. The second-order valence-corrected chi connectivity index (χ2v) is 6.83. The molecule has 1 N–H and O–H groups in total. The van der Waals surface area contributed by atoms with Crippen molar-refractivity contribution in [2.75, 3.05) is 14.2 Å². The number of carbonyl (C=O) groups excluding carboxylic acids is 3. The molecule has 0 unspecified atom stereocenters. The first kappa shape index (κ1) is 21.0. The van der Waals surface area contributed by atoms with Gasteiger partial charge in [-0.3, -0.25) is 4.79 Å². The minimum Gasteiger partial charge on any atom is -0.466 e. The number of rotatable bonds is 5. The molecule has 0 fully saturated rings. The average molecular weight is 405 g/mol. The molecule has 0 bridgehead atoms. The summed E-state index contributed by atoms with van der Waals surface area (Å²) in [5.74, 6) is -2.10. The Morgan fingerprint density at radius 1 is 0.833 bits per heavy atom. The Morgan fingerprint density at radius 2 is 1.40 bits per heavy atom. The van der Waals surface area contributed by atoms with Crippen molar-refractivity contribution in [3.05, 3.63) is 89.0 Å². The Hall–Kier alpha value is -3.67. The van der Waals surface area contributed by atoms with E-state index >= 15 is 0 Å². The Bertz CT molecular complexity index is 1010. The summed E-state index contributed by atoms with van der Waals surface area (Å²) in [7, 11) is 2.50. The monoisotopic (exact) mass is 405 g/mol. The van der Waals surface area contributed by atoms with Crippen molar-refractivity contribution in [3.63, 3.8) is 0 Å². The van der Waals surface area contributed by atoms with Crippen LogP contribution in [0.5, 0.6) is 0 Å². The van der Waals surface area contributed by atoms with Gasteiger partial charge in [0.2, 0.25) is 5.91 Å². The van der Waals surface area contributed by atoms with E-state index in [0.29, 0.717) is 5.57 Å². The van der Waals surface area contributed by atoms with E-state index in [2.05, 4.69) is 5.32 Å². The SMILES string of the molecule is COC(=O)C1=C(C(=O)OC)[C@H](NC(C)=O)[C@@H](c2ccccc2)C=C1c1ccccc1. The quantitative estimate of drug-likeness (QED) is 0.774. The van der Waals surface area contributed by atoms with Crippen LogP contribution in [0.3, 0.4) is 0 Å². The fraction of sp³-hybridized carbons (Fsp3) is 0.208. The normalized spacial score (nSPS) is 18.3. The third-order valence-electron chi connectivity index (χ3n) is 4.98. The molecule has 1 aliphatic rings. The fourth-order valence-electron chi connectivity index (χ4n) is 3.70. The van der Waals surface area contributed by atoms with Gasteiger partial charge in [-0.2, -0.15) is 0 Å². The van der Waals surface area contributed by atoms with Crippen molar-refractivity contribution in [3.8, 4) is 0 Å². The molecular formula is C24H23NO5. The highest BCUT2D eigenvalue weighted by atomic mass is 16.5. The first-order valence-electron chi connectivity index (χ1n) is 9.48. The topological polar surface area (TPSA) is 81.7 Å². The molecule has 0 heterocycles. The third-order valence-corrected chi connectivity index (χ3v) is 4.98. The Labute approximate surface area is 175 Å². The van der Waals surface area contributed by atoms with Crippen LogP contribution in [0.4, 0.5) is 0 Å². The third kappa shape index (κ3) is 4.17. The van der Waals surface area contributed by atoms with Crippen molar-refractivity contribution in [1.82, 2.24) is 5.32 Å². The van der Waals surface area contributed by atoms with Gasteiger partial charge in [0.15, 0.2) is 0 Å². The highest BCUT2D eigenvalue weighted by molar-refractivity contribution is 6.14. The van der Waals surface area contributed by atoms with Gasteiger partial charge in [-0.05, 0) is 16.7 Å². The van der Waals surface area contributed by atoms with Crippen molar-refractivity contribution in [2.24, 2.45) is 0 Å². The van der Waals surface area contributed by atoms with Gasteiger partial charge in [0, 0.05) is 12.8 Å². The van der Waals surface area contributed by atoms with Crippen LogP contribution in [-0.4, -0.2) is 38.1 Å². The number of methoxy groups -OCH3 is 2. The summed E-state index contributed by atoms with van der Waals surface area (Å²) in [4.78, 5) is 37.7. The standard InChI is InChI=1S/C24H23NO5/c1-15(26)25-22-19(17-12-8-5-9-13-17)14-18(16-10-6-4-7-11-16)20(23(27)29-2)21(22)24(28)30-3/h4-14,19,22H,1-3H3,(H,25,26)/t19-,22-/m1/s1. The fourth-order valence-corrected chi connectivity index (χ4v) is 3.70. The van der Waals surface area contributed by atoms with E-state index < -0.39 is 23.9 Å². The van der Waals surface area contributed by atoms with E-state index in [-0.39, 0.29) is 17.1 Å². The summed E-state index contributed by atoms with van der Waals surface area (Å²) in [6.07, 6.45) is 1.89. The van der Waals surface area contributed by atoms with Gasteiger partial charge < -0.3 is 14.8 Å². The van der Waals surface area contributed by atoms with Gasteiger partial charge in [0.25, 0.3) is 0 Å². The van der Waals surface area contributed by atoms with Crippen LogP contribution in [-0.2, 0) is 23.9 Å². The lowest BCUT2D eigenvalue weighted by atomic mass is 9.75. The molecule has 2 aromatic carbocycles. The van der Waals surface area contributed by atoms with Crippen LogP contribution < -0.4 is 5.32 Å². The molecule has 1 aliphatic carbocycles. The molecule has 30 heavy (non-hydrogen) atoms. The predicted molar refractivity (Wildman–Crippen MR) is 112 cm³/mol. The minimum absolute atomic E-state index is 0.0646. The van der Waals surface area contributed by atoms with E-state index in [1.54, 1.807) is 0 Å². The van der Waals surface area contributed by atoms with E-state index in [0.717, 1.165) is 11.1 Å². The molecule has 3 rings (SSSR count). The number of benzene rings is 2. The molecule has 0 aromatic heterocycles. The maximum atomic E-state index is 12.9. The highest BCUT2D eigenvalue weighted by Gasteiger charge is 2.40. The van der Waals surface area contributed by atoms with Gasteiger partial charge in [-0.15, -0.1) is 0 Å². The summed E-state index contributed by atoms with van der Waals surface area (Å²) >= 11 is 0. The number of ether oxygens (including phenoxy) is 2. The first-order chi connectivity index (χ1) is 14.5. The maximum Gasteiger partial charge on any atom is 0.339 e. The summed E-state index contributed by atoms with van der Waals surface area (Å²) in [5, 5.41) is 2.83. The van der Waals surface area contributed by atoms with Crippen LogP contribution in [0.25, 0.3) is 5.57 Å². The summed E-state index contributed by atoms with van der Waals surface area (Å²) in [6.45, 7) is 1.37. The Balaban J connectivity index is 2.33. The van der Waals surface area contributed by atoms with Gasteiger partial charge in [0.1, 0.15) is 0 Å². The second-order valence-electron chi connectivity index (χ2n) is 6.83. The van der Waals surface area contributed by atoms with Crippen molar-refractivity contribution in [2.45, 2.75) is 18.9 Å². The van der Waals surface area contributed by atoms with Gasteiger partial charge in [0.05, 0.1) is 31.4 Å². The van der Waals surface area contributed by atoms with E-state index in [9.17, 15) is 14.4 Å². The zero-order valence-corrected chi connectivity index (χ0v) is 17.0. The second kappa shape index (κ2) is 9.22. The molecule has 154 valence electrons. The van der Waals surface area contributed by atoms with Gasteiger partial charge in [-0.1, -0.05) is 66.7 Å². The zero-order valence-electron chi connectivity index (χ0n) is 17.0. The maximum absolute atomic E-state index is 12.9. The van der Waals surface area contributed by atoms with Gasteiger partial charge in [-0.25, -0.2) is 9.59 Å². The predicted octanol–water partition coefficient (Wildman–Crippen LogP) is 3.01. The molecule has 6 nitrogen and oxygen atoms in total. The van der Waals surface area contributed by atoms with Crippen LogP contribution in [0.15, 0.2) is 77.9 Å². The van der Waals surface area contributed by atoms with Crippen molar-refractivity contribution in [1.29, 1.82) is 0 Å². The molecule has 2 aromatic rings. The number of esters is 2. The molecule has 0 saturated carbocycles. The summed E-state index contributed by atoms with van der Waals surface area (Å²) < 4.78 is 10.0. The molecule has 0 aliphatic heterocycles. The number of hydrogen-bond donors (Lipinski definition) is 1. The van der Waals surface area contributed by atoms with Crippen LogP contribution >= 0.6 is 0 Å². The van der Waals surface area contributed by atoms with Crippen LogP contribution in [0.1, 0.15) is 24.0 Å². The molecule has 0 spiro atoms. The molecule has 0 radical (unpaired) electrons. The minimum atomic E-state index is -0.793. The summed E-state index contributed by atoms with van der Waals surface area (Å²) in [6, 6.07) is 18.0. The molecular weight excluding hydrogens is 382 g/mol. The number of amides is 1. The number of nitrogens with one attached hydrogen (secondary N) is 1. The number of hydrogen-bond acceptors (Lipinski definition) is 5. The average Bonchev–Trinajstić information content (AvgIpc) is 2.78. The van der Waals surface area contributed by atoms with Crippen molar-refractivity contribution < 1.29 is 23.9 Å². The Morgan fingerprint density at radius 3 is 1.93 bits per heavy atom. The highest BCUT2D eigenvalue weighted by Crippen LogP contribution is 2.40. The van der Waals surface area contributed by atoms with E-state index in [1.165, 1.54) is 21.1 Å². The number of carbonyl (C=O) groups is 3. The zero-order chi connectivity index (χ0) is 21.7. The molecule has 6 heteroatoms. The molecule has 2 atom stereocenters. The molecule has 0 saturated heterocycles. The lowest BCUT2D eigenvalue weighted by molar-refractivity contribution is -0.139. The van der Waals surface area contributed by atoms with Crippen molar-refractivity contribution >= 4 is 23.4 Å². The summed E-state index contributed by atoms with van der Waals surface area (Å²) in [5.41, 5.74) is 2.34.